The first-order valence-electron chi connectivity index (χ1n) is 13.3. The number of hydrogen-bond acceptors (Lipinski definition) is 5. The molecule has 208 valence electrons. The quantitative estimate of drug-likeness (QED) is 0.209. The van der Waals surface area contributed by atoms with Crippen molar-refractivity contribution in [2.75, 3.05) is 48.5 Å². The van der Waals surface area contributed by atoms with Gasteiger partial charge in [0.1, 0.15) is 0 Å². The number of carbonyl (C=O) groups is 1. The number of benzodiazepines with no additional fused rings is 1. The largest absolute Gasteiger partial charge is 0.378 e. The Morgan fingerprint density at radius 2 is 1.63 bits per heavy atom. The first kappa shape index (κ1) is 27.1. The number of aliphatic imine (C=N–C) groups is 1. The van der Waals surface area contributed by atoms with E-state index in [0.717, 1.165) is 35.2 Å². The third kappa shape index (κ3) is 5.34. The van der Waals surface area contributed by atoms with Crippen LogP contribution in [-0.4, -0.2) is 57.1 Å². The van der Waals surface area contributed by atoms with E-state index in [9.17, 15) is 4.79 Å². The standard InChI is InChI=1S/C31H28Cl2N6O2/c1-38-26-12-10-19(32)18-23(26)28(22-8-4-5-9-24(22)33)36-29(30(38)40)37-31(34)35-25-11-13-27(39-14-16-41-17-15-39)21-7-3-2-6-20(21)25/h2-13,18,29H,14-17H2,1H3,(H3,34,35,37). The number of carbonyl (C=O) groups excluding carboxylic acids is 1. The minimum absolute atomic E-state index is 0.0627. The Hall–Kier alpha value is -4.11. The SMILES string of the molecule is CN1C(=O)C(NC(=N)Nc2ccc(N3CCOCC3)c3ccccc23)N=C(c2ccccc2Cl)c2cc(Cl)ccc21. The van der Waals surface area contributed by atoms with Crippen LogP contribution in [0.25, 0.3) is 10.8 Å². The molecule has 10 heteroatoms. The molecule has 0 spiro atoms. The molecular formula is C31H28Cl2N6O2. The first-order valence-corrected chi connectivity index (χ1v) is 14.0. The molecule has 0 aromatic heterocycles. The van der Waals surface area contributed by atoms with E-state index in [4.69, 9.17) is 38.3 Å². The van der Waals surface area contributed by atoms with E-state index < -0.39 is 6.17 Å². The van der Waals surface area contributed by atoms with Gasteiger partial charge in [0.25, 0.3) is 5.91 Å². The van der Waals surface area contributed by atoms with Crippen LogP contribution in [-0.2, 0) is 9.53 Å². The number of nitrogens with zero attached hydrogens (tertiary/aromatic N) is 3. The van der Waals surface area contributed by atoms with Gasteiger partial charge in [-0.3, -0.25) is 10.2 Å². The zero-order valence-electron chi connectivity index (χ0n) is 22.3. The van der Waals surface area contributed by atoms with Crippen molar-refractivity contribution in [2.24, 2.45) is 4.99 Å². The molecule has 2 aliphatic heterocycles. The van der Waals surface area contributed by atoms with Gasteiger partial charge in [-0.15, -0.1) is 0 Å². The first-order chi connectivity index (χ1) is 19.9. The van der Waals surface area contributed by atoms with Gasteiger partial charge in [0.15, 0.2) is 5.96 Å². The maximum Gasteiger partial charge on any atom is 0.272 e. The molecule has 4 aromatic rings. The van der Waals surface area contributed by atoms with Crippen molar-refractivity contribution in [3.05, 3.63) is 100 Å². The molecule has 1 fully saturated rings. The average molecular weight is 588 g/mol. The number of morpholine rings is 1. The lowest BCUT2D eigenvalue weighted by atomic mass is 10.00. The molecule has 6 rings (SSSR count). The van der Waals surface area contributed by atoms with E-state index in [0.29, 0.717) is 45.8 Å². The normalized spacial score (nSPS) is 17.1. The monoisotopic (exact) mass is 586 g/mol. The summed E-state index contributed by atoms with van der Waals surface area (Å²) in [5.41, 5.74) is 4.37. The van der Waals surface area contributed by atoms with Crippen molar-refractivity contribution >= 4 is 68.6 Å². The van der Waals surface area contributed by atoms with Gasteiger partial charge in [-0.05, 0) is 36.4 Å². The number of fused-ring (bicyclic) bond motifs is 2. The fourth-order valence-electron chi connectivity index (χ4n) is 5.29. The Labute approximate surface area is 248 Å². The lowest BCUT2D eigenvalue weighted by molar-refractivity contribution is -0.119. The van der Waals surface area contributed by atoms with Crippen LogP contribution in [0.3, 0.4) is 0 Å². The van der Waals surface area contributed by atoms with Crippen LogP contribution >= 0.6 is 23.2 Å². The molecule has 0 radical (unpaired) electrons. The Kier molecular flexibility index (Phi) is 7.53. The molecule has 2 aliphatic rings. The molecular weight excluding hydrogens is 559 g/mol. The highest BCUT2D eigenvalue weighted by Gasteiger charge is 2.31. The van der Waals surface area contributed by atoms with Crippen LogP contribution < -0.4 is 20.4 Å². The molecule has 1 saturated heterocycles. The Balaban J connectivity index is 1.33. The number of amides is 1. The summed E-state index contributed by atoms with van der Waals surface area (Å²) in [7, 11) is 1.68. The number of halogens is 2. The zero-order chi connectivity index (χ0) is 28.5. The molecule has 0 saturated carbocycles. The Bertz CT molecular complexity index is 1680. The number of ether oxygens (including phenoxy) is 1. The summed E-state index contributed by atoms with van der Waals surface area (Å²) >= 11 is 12.9. The van der Waals surface area contributed by atoms with Crippen molar-refractivity contribution in [1.82, 2.24) is 5.32 Å². The van der Waals surface area contributed by atoms with Gasteiger partial charge in [-0.1, -0.05) is 65.7 Å². The highest BCUT2D eigenvalue weighted by molar-refractivity contribution is 6.37. The van der Waals surface area contributed by atoms with Gasteiger partial charge >= 0.3 is 0 Å². The van der Waals surface area contributed by atoms with Crippen molar-refractivity contribution in [3.63, 3.8) is 0 Å². The second kappa shape index (κ2) is 11.4. The van der Waals surface area contributed by atoms with Gasteiger partial charge in [-0.25, -0.2) is 4.99 Å². The van der Waals surface area contributed by atoms with Gasteiger partial charge in [0, 0.05) is 63.5 Å². The molecule has 2 heterocycles. The molecule has 0 bridgehead atoms. The molecule has 1 amide bonds. The predicted molar refractivity (Wildman–Crippen MR) is 167 cm³/mol. The molecule has 41 heavy (non-hydrogen) atoms. The summed E-state index contributed by atoms with van der Waals surface area (Å²) < 4.78 is 5.53. The number of nitrogens with one attached hydrogen (secondary N) is 3. The van der Waals surface area contributed by atoms with Crippen LogP contribution in [0.4, 0.5) is 17.1 Å². The van der Waals surface area contributed by atoms with E-state index in [1.165, 1.54) is 4.90 Å². The fourth-order valence-corrected chi connectivity index (χ4v) is 5.69. The summed E-state index contributed by atoms with van der Waals surface area (Å²) in [5, 5.41) is 18.0. The average Bonchev–Trinajstić information content (AvgIpc) is 3.08. The third-order valence-corrected chi connectivity index (χ3v) is 7.88. The summed E-state index contributed by atoms with van der Waals surface area (Å²) in [5.74, 6) is -0.387. The fraction of sp³-hybridized carbons (Fsp3) is 0.194. The van der Waals surface area contributed by atoms with Crippen molar-refractivity contribution in [3.8, 4) is 0 Å². The van der Waals surface area contributed by atoms with Gasteiger partial charge in [0.05, 0.1) is 24.6 Å². The minimum Gasteiger partial charge on any atom is -0.378 e. The second-order valence-electron chi connectivity index (χ2n) is 9.84. The molecule has 1 atom stereocenters. The Morgan fingerprint density at radius 1 is 0.927 bits per heavy atom. The van der Waals surface area contributed by atoms with Crippen molar-refractivity contribution < 1.29 is 9.53 Å². The van der Waals surface area contributed by atoms with E-state index >= 15 is 0 Å². The van der Waals surface area contributed by atoms with E-state index in [2.05, 4.69) is 27.7 Å². The topological polar surface area (TPSA) is 93.0 Å². The highest BCUT2D eigenvalue weighted by atomic mass is 35.5. The number of benzene rings is 4. The van der Waals surface area contributed by atoms with E-state index in [1.807, 2.05) is 42.5 Å². The molecule has 3 N–H and O–H groups in total. The maximum atomic E-state index is 13.6. The Morgan fingerprint density at radius 3 is 2.41 bits per heavy atom. The molecule has 1 unspecified atom stereocenters. The number of rotatable bonds is 4. The highest BCUT2D eigenvalue weighted by Crippen LogP contribution is 2.34. The lowest BCUT2D eigenvalue weighted by Crippen LogP contribution is -2.47. The number of hydrogen-bond donors (Lipinski definition) is 3. The van der Waals surface area contributed by atoms with Gasteiger partial charge in [-0.2, -0.15) is 0 Å². The number of anilines is 3. The van der Waals surface area contributed by atoms with Crippen LogP contribution in [0, 0.1) is 5.41 Å². The van der Waals surface area contributed by atoms with Crippen LogP contribution in [0.15, 0.2) is 83.9 Å². The van der Waals surface area contributed by atoms with Crippen molar-refractivity contribution in [2.45, 2.75) is 6.17 Å². The lowest BCUT2D eigenvalue weighted by Gasteiger charge is -2.30. The van der Waals surface area contributed by atoms with E-state index in [-0.39, 0.29) is 11.9 Å². The maximum absolute atomic E-state index is 13.6. The summed E-state index contributed by atoms with van der Waals surface area (Å²) in [6, 6.07) is 24.7. The second-order valence-corrected chi connectivity index (χ2v) is 10.7. The van der Waals surface area contributed by atoms with Crippen molar-refractivity contribution in [1.29, 1.82) is 5.41 Å². The molecule has 8 nitrogen and oxygen atoms in total. The molecule has 0 aliphatic carbocycles. The number of guanidine groups is 1. The third-order valence-electron chi connectivity index (χ3n) is 7.32. The summed E-state index contributed by atoms with van der Waals surface area (Å²) in [4.78, 5) is 22.3. The van der Waals surface area contributed by atoms with Crippen LogP contribution in [0.5, 0.6) is 0 Å². The number of likely N-dealkylation sites (N-methyl/N-ethyl adjacent to an activating group) is 1. The van der Waals surface area contributed by atoms with Gasteiger partial charge in [0.2, 0.25) is 6.17 Å². The van der Waals surface area contributed by atoms with E-state index in [1.54, 1.807) is 31.3 Å². The summed E-state index contributed by atoms with van der Waals surface area (Å²) in [6.07, 6.45) is -1.09. The molecule has 4 aromatic carbocycles. The van der Waals surface area contributed by atoms with Crippen LogP contribution in [0.1, 0.15) is 11.1 Å². The summed E-state index contributed by atoms with van der Waals surface area (Å²) in [6.45, 7) is 3.04. The van der Waals surface area contributed by atoms with Gasteiger partial charge < -0.3 is 25.2 Å². The zero-order valence-corrected chi connectivity index (χ0v) is 23.8. The predicted octanol–water partition coefficient (Wildman–Crippen LogP) is 5.76. The minimum atomic E-state index is -1.09. The smallest absolute Gasteiger partial charge is 0.272 e. The van der Waals surface area contributed by atoms with Crippen LogP contribution in [0.2, 0.25) is 10.0 Å².